The standard InChI is InChI=1S/C59H84O6/c1-4-7-10-13-16-19-22-25-27-29-31-34-37-40-43-46-49-52-58(61)64-55-56(54-63-57(60)51-48-45-42-39-36-33-24-21-18-15-12-9-6-3)65-59(62)53-50-47-44-41-38-35-32-30-28-26-23-20-17-14-11-8-5-2/h7-12,15-21,24-28,31-36,39-44,56H,4-6,13-14,22-23,29-30,37-38,45-55H2,1-3H3/b10-7-,11-8-,12-9-,18-15-,19-16-,20-17-,24-21-,27-25-,28-26-,34-31-,35-32-,36-33-,42-39-,43-40-,44-41-. The molecule has 1 unspecified atom stereocenters. The number of carbonyl (C=O) groups excluding carboxylic acids is 3. The molecule has 0 saturated heterocycles. The first-order chi connectivity index (χ1) is 32.0. The molecule has 1 atom stereocenters. The smallest absolute Gasteiger partial charge is 0.306 e. The predicted octanol–water partition coefficient (Wildman–Crippen LogP) is 16.2. The van der Waals surface area contributed by atoms with E-state index in [0.29, 0.717) is 19.3 Å². The fourth-order valence-corrected chi connectivity index (χ4v) is 5.48. The Balaban J connectivity index is 4.72. The third-order valence-corrected chi connectivity index (χ3v) is 9.01. The Morgan fingerprint density at radius 3 is 0.954 bits per heavy atom. The highest BCUT2D eigenvalue weighted by Gasteiger charge is 2.19. The normalized spacial score (nSPS) is 13.7. The van der Waals surface area contributed by atoms with Crippen LogP contribution in [0.5, 0.6) is 0 Å². The monoisotopic (exact) mass is 889 g/mol. The molecular weight excluding hydrogens is 805 g/mol. The lowest BCUT2D eigenvalue weighted by molar-refractivity contribution is -0.166. The Morgan fingerprint density at radius 1 is 0.323 bits per heavy atom. The van der Waals surface area contributed by atoms with E-state index in [0.717, 1.165) is 89.9 Å². The van der Waals surface area contributed by atoms with Gasteiger partial charge in [-0.25, -0.2) is 0 Å². The molecule has 0 radical (unpaired) electrons. The first-order valence-electron chi connectivity index (χ1n) is 24.4. The molecule has 0 heterocycles. The van der Waals surface area contributed by atoms with Gasteiger partial charge in [0.25, 0.3) is 0 Å². The minimum absolute atomic E-state index is 0.164. The van der Waals surface area contributed by atoms with Crippen LogP contribution in [-0.2, 0) is 28.6 Å². The highest BCUT2D eigenvalue weighted by Crippen LogP contribution is 2.08. The summed E-state index contributed by atoms with van der Waals surface area (Å²) in [6.45, 7) is 6.05. The van der Waals surface area contributed by atoms with Crippen molar-refractivity contribution in [3.8, 4) is 0 Å². The molecule has 0 rings (SSSR count). The summed E-state index contributed by atoms with van der Waals surface area (Å²) in [6, 6.07) is 0. The summed E-state index contributed by atoms with van der Waals surface area (Å²) in [7, 11) is 0. The molecule has 6 heteroatoms. The van der Waals surface area contributed by atoms with Crippen LogP contribution in [0, 0.1) is 0 Å². The van der Waals surface area contributed by atoms with Crippen LogP contribution >= 0.6 is 0 Å². The Bertz CT molecular complexity index is 1630. The van der Waals surface area contributed by atoms with Crippen LogP contribution in [0.25, 0.3) is 0 Å². The van der Waals surface area contributed by atoms with Gasteiger partial charge in [-0.1, -0.05) is 203 Å². The maximum absolute atomic E-state index is 12.8. The van der Waals surface area contributed by atoms with Gasteiger partial charge in [-0.3, -0.25) is 14.4 Å². The van der Waals surface area contributed by atoms with Gasteiger partial charge in [0, 0.05) is 19.3 Å². The molecule has 0 aliphatic rings. The first kappa shape index (κ1) is 59.5. The molecule has 0 saturated carbocycles. The van der Waals surface area contributed by atoms with Gasteiger partial charge in [-0.05, 0) is 109 Å². The van der Waals surface area contributed by atoms with Crippen LogP contribution in [0.1, 0.15) is 149 Å². The number of allylic oxidation sites excluding steroid dienone is 30. The lowest BCUT2D eigenvalue weighted by Gasteiger charge is -2.18. The van der Waals surface area contributed by atoms with Gasteiger partial charge in [-0.15, -0.1) is 0 Å². The van der Waals surface area contributed by atoms with Crippen LogP contribution in [0.4, 0.5) is 0 Å². The molecule has 0 aliphatic heterocycles. The first-order valence-corrected chi connectivity index (χ1v) is 24.4. The molecule has 356 valence electrons. The molecule has 0 spiro atoms. The molecule has 0 aromatic rings. The number of unbranched alkanes of at least 4 members (excludes halogenated alkanes) is 3. The second kappa shape index (κ2) is 51.1. The van der Waals surface area contributed by atoms with Crippen LogP contribution in [-0.4, -0.2) is 37.2 Å². The van der Waals surface area contributed by atoms with Crippen LogP contribution < -0.4 is 0 Å². The van der Waals surface area contributed by atoms with Crippen molar-refractivity contribution in [1.82, 2.24) is 0 Å². The molecule has 0 bridgehead atoms. The Morgan fingerprint density at radius 2 is 0.600 bits per heavy atom. The number of hydrogen-bond donors (Lipinski definition) is 0. The SMILES string of the molecule is CC\C=C/C=C\C=C/C=C\C=C/CCCC(=O)OCC(COC(=O)CCC/C=C\C/C=C\C/C=C\C/C=C\C/C=C\CC)OC(=O)CCC/C=C\C/C=C\C/C=C\C/C=C\C/C=C\CC. The molecule has 6 nitrogen and oxygen atoms in total. The van der Waals surface area contributed by atoms with Crippen molar-refractivity contribution in [2.45, 2.75) is 155 Å². The van der Waals surface area contributed by atoms with Gasteiger partial charge >= 0.3 is 17.9 Å². The second-order valence-electron chi connectivity index (χ2n) is 15.0. The zero-order chi connectivity index (χ0) is 47.2. The summed E-state index contributed by atoms with van der Waals surface area (Å²) in [5, 5.41) is 0. The summed E-state index contributed by atoms with van der Waals surface area (Å²) < 4.78 is 16.6. The van der Waals surface area contributed by atoms with Crippen molar-refractivity contribution in [3.05, 3.63) is 182 Å². The van der Waals surface area contributed by atoms with Crippen LogP contribution in [0.15, 0.2) is 182 Å². The van der Waals surface area contributed by atoms with E-state index < -0.39 is 12.1 Å². The van der Waals surface area contributed by atoms with Crippen molar-refractivity contribution in [2.75, 3.05) is 13.2 Å². The second-order valence-corrected chi connectivity index (χ2v) is 15.0. The third kappa shape index (κ3) is 49.4. The quantitative estimate of drug-likeness (QED) is 0.0200. The number of ether oxygens (including phenoxy) is 3. The fraction of sp³-hybridized carbons (Fsp3) is 0.441. The van der Waals surface area contributed by atoms with Crippen LogP contribution in [0.2, 0.25) is 0 Å². The average Bonchev–Trinajstić information content (AvgIpc) is 3.30. The lowest BCUT2D eigenvalue weighted by Crippen LogP contribution is -2.30. The van der Waals surface area contributed by atoms with Gasteiger partial charge in [0.15, 0.2) is 6.10 Å². The van der Waals surface area contributed by atoms with E-state index in [9.17, 15) is 14.4 Å². The number of rotatable bonds is 40. The minimum atomic E-state index is -0.870. The highest BCUT2D eigenvalue weighted by molar-refractivity contribution is 5.71. The predicted molar refractivity (Wildman–Crippen MR) is 278 cm³/mol. The van der Waals surface area contributed by atoms with Gasteiger partial charge in [0.1, 0.15) is 13.2 Å². The molecule has 0 aromatic heterocycles. The van der Waals surface area contributed by atoms with Crippen molar-refractivity contribution in [2.24, 2.45) is 0 Å². The summed E-state index contributed by atoms with van der Waals surface area (Å²) in [4.78, 5) is 37.9. The topological polar surface area (TPSA) is 78.9 Å². The number of hydrogen-bond acceptors (Lipinski definition) is 6. The largest absolute Gasteiger partial charge is 0.462 e. The Kier molecular flexibility index (Phi) is 46.8. The van der Waals surface area contributed by atoms with Crippen molar-refractivity contribution < 1.29 is 28.6 Å². The molecule has 0 aliphatic carbocycles. The molecule has 0 N–H and O–H groups in total. The molecule has 0 aromatic carbocycles. The van der Waals surface area contributed by atoms with Crippen molar-refractivity contribution >= 4 is 17.9 Å². The van der Waals surface area contributed by atoms with E-state index in [4.69, 9.17) is 14.2 Å². The Hall–Kier alpha value is -5.49. The Labute approximate surface area is 395 Å². The van der Waals surface area contributed by atoms with Crippen molar-refractivity contribution in [1.29, 1.82) is 0 Å². The zero-order valence-electron chi connectivity index (χ0n) is 40.4. The average molecular weight is 889 g/mol. The number of esters is 3. The summed E-state index contributed by atoms with van der Waals surface area (Å²) >= 11 is 0. The number of carbonyl (C=O) groups is 3. The molecule has 0 amide bonds. The van der Waals surface area contributed by atoms with Crippen molar-refractivity contribution in [3.63, 3.8) is 0 Å². The lowest BCUT2D eigenvalue weighted by atomic mass is 10.2. The molecule has 0 fully saturated rings. The third-order valence-electron chi connectivity index (χ3n) is 9.01. The van der Waals surface area contributed by atoms with E-state index >= 15 is 0 Å². The highest BCUT2D eigenvalue weighted by atomic mass is 16.6. The van der Waals surface area contributed by atoms with E-state index in [1.807, 2.05) is 54.7 Å². The van der Waals surface area contributed by atoms with Gasteiger partial charge in [0.2, 0.25) is 0 Å². The van der Waals surface area contributed by atoms with E-state index in [2.05, 4.69) is 148 Å². The summed E-state index contributed by atoms with van der Waals surface area (Å²) in [5.41, 5.74) is 0. The van der Waals surface area contributed by atoms with Gasteiger partial charge in [-0.2, -0.15) is 0 Å². The maximum Gasteiger partial charge on any atom is 0.306 e. The van der Waals surface area contributed by atoms with E-state index in [1.165, 1.54) is 0 Å². The maximum atomic E-state index is 12.8. The summed E-state index contributed by atoms with van der Waals surface area (Å²) in [5.74, 6) is -1.17. The zero-order valence-corrected chi connectivity index (χ0v) is 40.4. The van der Waals surface area contributed by atoms with Gasteiger partial charge in [0.05, 0.1) is 0 Å². The fourth-order valence-electron chi connectivity index (χ4n) is 5.48. The van der Waals surface area contributed by atoms with E-state index in [1.54, 1.807) is 0 Å². The molecule has 65 heavy (non-hydrogen) atoms. The molecular formula is C59H84O6. The summed E-state index contributed by atoms with van der Waals surface area (Å²) in [6.07, 6.45) is 77.5. The van der Waals surface area contributed by atoms with Crippen LogP contribution in [0.3, 0.4) is 0 Å². The van der Waals surface area contributed by atoms with Gasteiger partial charge < -0.3 is 14.2 Å². The minimum Gasteiger partial charge on any atom is -0.462 e. The van der Waals surface area contributed by atoms with E-state index in [-0.39, 0.29) is 44.4 Å².